The first-order chi connectivity index (χ1) is 7.56. The summed E-state index contributed by atoms with van der Waals surface area (Å²) in [5.74, 6) is 2.47. The molecule has 0 aliphatic carbocycles. The molecule has 92 valence electrons. The van der Waals surface area contributed by atoms with E-state index in [-0.39, 0.29) is 0 Å². The summed E-state index contributed by atoms with van der Waals surface area (Å²) in [4.78, 5) is 0. The van der Waals surface area contributed by atoms with Gasteiger partial charge in [-0.05, 0) is 34.5 Å². The molecule has 0 bridgehead atoms. The zero-order chi connectivity index (χ0) is 12.1. The van der Waals surface area contributed by atoms with Crippen LogP contribution in [0.4, 0.5) is 0 Å². The number of aromatic nitrogens is 2. The Morgan fingerprint density at radius 3 is 2.75 bits per heavy atom. The second-order valence-corrected chi connectivity index (χ2v) is 6.07. The second kappa shape index (κ2) is 6.67. The van der Waals surface area contributed by atoms with Crippen LogP contribution < -0.4 is 0 Å². The Morgan fingerprint density at radius 2 is 2.19 bits per heavy atom. The van der Waals surface area contributed by atoms with E-state index in [0.717, 1.165) is 28.2 Å². The molecule has 0 spiro atoms. The number of aliphatic hydroxyl groups is 1. The first-order valence-corrected chi connectivity index (χ1v) is 7.48. The predicted molar refractivity (Wildman–Crippen MR) is 72.7 cm³/mol. The van der Waals surface area contributed by atoms with Gasteiger partial charge in [-0.3, -0.25) is 4.68 Å². The van der Waals surface area contributed by atoms with Gasteiger partial charge in [0.1, 0.15) is 6.10 Å². The van der Waals surface area contributed by atoms with Crippen LogP contribution in [0.1, 0.15) is 32.6 Å². The van der Waals surface area contributed by atoms with Gasteiger partial charge in [0, 0.05) is 12.3 Å². The van der Waals surface area contributed by atoms with E-state index in [4.69, 9.17) is 0 Å². The topological polar surface area (TPSA) is 38.0 Å². The average Bonchev–Trinajstić information content (AvgIpc) is 2.58. The van der Waals surface area contributed by atoms with Crippen LogP contribution in [0.15, 0.2) is 10.7 Å². The Labute approximate surface area is 110 Å². The quantitative estimate of drug-likeness (QED) is 0.877. The van der Waals surface area contributed by atoms with E-state index in [0.29, 0.717) is 5.92 Å². The first kappa shape index (κ1) is 14.1. The number of thioether (sulfide) groups is 1. The standard InChI is InChI=1S/C11H19BrN2OS/c1-4-14-11(9(12)5-13-14)10(15)7-16-6-8(2)3/h5,8,10,15H,4,6-7H2,1-3H3. The molecule has 0 aromatic carbocycles. The smallest absolute Gasteiger partial charge is 0.106 e. The lowest BCUT2D eigenvalue weighted by Crippen LogP contribution is -2.11. The third kappa shape index (κ3) is 3.79. The molecule has 0 radical (unpaired) electrons. The average molecular weight is 307 g/mol. The predicted octanol–water partition coefficient (Wildman–Crippen LogP) is 3.09. The van der Waals surface area contributed by atoms with Crippen molar-refractivity contribution < 1.29 is 5.11 Å². The summed E-state index contributed by atoms with van der Waals surface area (Å²) in [6.07, 6.45) is 1.30. The summed E-state index contributed by atoms with van der Waals surface area (Å²) in [5.41, 5.74) is 0.888. The first-order valence-electron chi connectivity index (χ1n) is 5.53. The van der Waals surface area contributed by atoms with Gasteiger partial charge >= 0.3 is 0 Å². The molecule has 0 aliphatic heterocycles. The van der Waals surface area contributed by atoms with Crippen molar-refractivity contribution >= 4 is 27.7 Å². The molecule has 1 heterocycles. The molecule has 1 atom stereocenters. The number of rotatable bonds is 6. The van der Waals surface area contributed by atoms with Crippen LogP contribution in [0.3, 0.4) is 0 Å². The van der Waals surface area contributed by atoms with Crippen molar-refractivity contribution in [2.24, 2.45) is 5.92 Å². The van der Waals surface area contributed by atoms with E-state index in [1.165, 1.54) is 0 Å². The van der Waals surface area contributed by atoms with Crippen LogP contribution in [-0.2, 0) is 6.54 Å². The maximum Gasteiger partial charge on any atom is 0.106 e. The molecule has 0 fully saturated rings. The van der Waals surface area contributed by atoms with Crippen LogP contribution in [0.2, 0.25) is 0 Å². The van der Waals surface area contributed by atoms with Crippen molar-refractivity contribution in [1.29, 1.82) is 0 Å². The van der Waals surface area contributed by atoms with Gasteiger partial charge in [-0.1, -0.05) is 13.8 Å². The van der Waals surface area contributed by atoms with Crippen LogP contribution in [0.5, 0.6) is 0 Å². The van der Waals surface area contributed by atoms with E-state index in [1.54, 1.807) is 18.0 Å². The molecule has 1 aromatic rings. The summed E-state index contributed by atoms with van der Waals surface area (Å²) in [6.45, 7) is 7.18. The van der Waals surface area contributed by atoms with Crippen molar-refractivity contribution in [3.05, 3.63) is 16.4 Å². The summed E-state index contributed by atoms with van der Waals surface area (Å²) in [7, 11) is 0. The molecule has 0 aliphatic rings. The summed E-state index contributed by atoms with van der Waals surface area (Å²) < 4.78 is 2.73. The lowest BCUT2D eigenvalue weighted by molar-refractivity contribution is 0.191. The van der Waals surface area contributed by atoms with Gasteiger partial charge in [0.05, 0.1) is 16.4 Å². The third-order valence-corrected chi connectivity index (χ3v) is 4.24. The van der Waals surface area contributed by atoms with E-state index < -0.39 is 6.10 Å². The Balaban J connectivity index is 2.58. The normalized spacial score (nSPS) is 13.4. The fourth-order valence-corrected chi connectivity index (χ4v) is 3.00. The van der Waals surface area contributed by atoms with E-state index in [1.807, 2.05) is 11.6 Å². The van der Waals surface area contributed by atoms with Crippen LogP contribution in [-0.4, -0.2) is 26.4 Å². The zero-order valence-electron chi connectivity index (χ0n) is 9.98. The minimum Gasteiger partial charge on any atom is -0.386 e. The van der Waals surface area contributed by atoms with Crippen molar-refractivity contribution in [2.45, 2.75) is 33.4 Å². The molecule has 16 heavy (non-hydrogen) atoms. The largest absolute Gasteiger partial charge is 0.386 e. The molecule has 1 N–H and O–H groups in total. The maximum absolute atomic E-state index is 10.1. The Kier molecular flexibility index (Phi) is 5.86. The molecule has 1 aromatic heterocycles. The van der Waals surface area contributed by atoms with Gasteiger partial charge in [-0.15, -0.1) is 0 Å². The van der Waals surface area contributed by atoms with Crippen molar-refractivity contribution in [1.82, 2.24) is 9.78 Å². The summed E-state index contributed by atoms with van der Waals surface area (Å²) >= 11 is 5.21. The van der Waals surface area contributed by atoms with Crippen LogP contribution in [0, 0.1) is 5.92 Å². The molecule has 3 nitrogen and oxygen atoms in total. The van der Waals surface area contributed by atoms with E-state index >= 15 is 0 Å². The number of aryl methyl sites for hydroxylation is 1. The molecule has 0 amide bonds. The van der Waals surface area contributed by atoms with Gasteiger partial charge in [0.15, 0.2) is 0 Å². The lowest BCUT2D eigenvalue weighted by Gasteiger charge is -2.13. The third-order valence-electron chi connectivity index (χ3n) is 2.18. The van der Waals surface area contributed by atoms with E-state index in [2.05, 4.69) is 34.9 Å². The highest BCUT2D eigenvalue weighted by molar-refractivity contribution is 9.10. The highest BCUT2D eigenvalue weighted by Gasteiger charge is 2.17. The van der Waals surface area contributed by atoms with Crippen LogP contribution >= 0.6 is 27.7 Å². The fraction of sp³-hybridized carbons (Fsp3) is 0.727. The highest BCUT2D eigenvalue weighted by atomic mass is 79.9. The molecular weight excluding hydrogens is 288 g/mol. The van der Waals surface area contributed by atoms with Crippen molar-refractivity contribution in [3.63, 3.8) is 0 Å². The molecule has 0 saturated heterocycles. The summed E-state index contributed by atoms with van der Waals surface area (Å²) in [5, 5.41) is 14.3. The molecule has 0 saturated carbocycles. The monoisotopic (exact) mass is 306 g/mol. The Bertz CT molecular complexity index is 328. The lowest BCUT2D eigenvalue weighted by atomic mass is 10.3. The number of aliphatic hydroxyl groups excluding tert-OH is 1. The molecular formula is C11H19BrN2OS. The van der Waals surface area contributed by atoms with E-state index in [9.17, 15) is 5.11 Å². The number of nitrogens with zero attached hydrogens (tertiary/aromatic N) is 2. The number of hydrogen-bond donors (Lipinski definition) is 1. The minimum absolute atomic E-state index is 0.444. The maximum atomic E-state index is 10.1. The van der Waals surface area contributed by atoms with Crippen molar-refractivity contribution in [2.75, 3.05) is 11.5 Å². The Hall–Kier alpha value is -0.0000000000000000555. The minimum atomic E-state index is -0.444. The van der Waals surface area contributed by atoms with Gasteiger partial charge in [-0.2, -0.15) is 16.9 Å². The van der Waals surface area contributed by atoms with Gasteiger partial charge in [0.25, 0.3) is 0 Å². The fourth-order valence-electron chi connectivity index (χ4n) is 1.45. The molecule has 1 rings (SSSR count). The zero-order valence-corrected chi connectivity index (χ0v) is 12.4. The Morgan fingerprint density at radius 1 is 1.50 bits per heavy atom. The van der Waals surface area contributed by atoms with Crippen LogP contribution in [0.25, 0.3) is 0 Å². The second-order valence-electron chi connectivity index (χ2n) is 4.14. The van der Waals surface area contributed by atoms with Gasteiger partial charge in [0.2, 0.25) is 0 Å². The summed E-state index contributed by atoms with van der Waals surface area (Å²) in [6, 6.07) is 0. The van der Waals surface area contributed by atoms with Crippen molar-refractivity contribution in [3.8, 4) is 0 Å². The number of hydrogen-bond acceptors (Lipinski definition) is 3. The SMILES string of the molecule is CCn1ncc(Br)c1C(O)CSCC(C)C. The molecule has 1 unspecified atom stereocenters. The van der Waals surface area contributed by atoms with Gasteiger partial charge < -0.3 is 5.11 Å². The molecule has 5 heteroatoms. The highest BCUT2D eigenvalue weighted by Crippen LogP contribution is 2.26. The van der Waals surface area contributed by atoms with Gasteiger partial charge in [-0.25, -0.2) is 0 Å². The number of halogens is 1.